The first-order valence-corrected chi connectivity index (χ1v) is 7.87. The van der Waals surface area contributed by atoms with Crippen molar-refractivity contribution in [2.45, 2.75) is 45.6 Å². The second-order valence-corrected chi connectivity index (χ2v) is 5.59. The molecule has 1 fully saturated rings. The molecule has 0 spiro atoms. The van der Waals surface area contributed by atoms with Gasteiger partial charge in [0.1, 0.15) is 0 Å². The van der Waals surface area contributed by atoms with Gasteiger partial charge in [-0.15, -0.1) is 0 Å². The highest BCUT2D eigenvalue weighted by Crippen LogP contribution is 2.10. The third-order valence-corrected chi connectivity index (χ3v) is 3.68. The molecule has 0 bridgehead atoms. The fourth-order valence-electron chi connectivity index (χ4n) is 2.49. The lowest BCUT2D eigenvalue weighted by Crippen LogP contribution is -2.38. The van der Waals surface area contributed by atoms with Gasteiger partial charge in [0.25, 0.3) is 0 Å². The fraction of sp³-hybridized carbons (Fsp3) is 0.667. The molecule has 1 aliphatic rings. The molecule has 2 N–H and O–H groups in total. The van der Waals surface area contributed by atoms with E-state index in [-0.39, 0.29) is 18.5 Å². The minimum absolute atomic E-state index is 0.119. The first-order chi connectivity index (χ1) is 10.6. The number of nitrogens with one attached hydrogen (secondary N) is 2. The summed E-state index contributed by atoms with van der Waals surface area (Å²) in [6.07, 6.45) is 4.90. The van der Waals surface area contributed by atoms with E-state index in [9.17, 15) is 9.59 Å². The molecule has 1 aromatic heterocycles. The number of aryl methyl sites for hydroxylation is 1. The average Bonchev–Trinajstić information content (AvgIpc) is 2.76. The average molecular weight is 308 g/mol. The summed E-state index contributed by atoms with van der Waals surface area (Å²) in [7, 11) is 0. The number of likely N-dealkylation sites (tertiary alicyclic amines) is 1. The molecule has 3 amide bonds. The molecule has 22 heavy (non-hydrogen) atoms. The number of hydrogen-bond acceptors (Lipinski definition) is 4. The molecule has 0 aliphatic carbocycles. The van der Waals surface area contributed by atoms with Crippen LogP contribution in [-0.2, 0) is 11.3 Å². The Kier molecular flexibility index (Phi) is 6.24. The first kappa shape index (κ1) is 16.3. The maximum atomic E-state index is 12.0. The Labute approximate surface area is 130 Å². The number of hydrogen-bond donors (Lipinski definition) is 2. The molecule has 7 nitrogen and oxygen atoms in total. The summed E-state index contributed by atoms with van der Waals surface area (Å²) in [5.74, 6) is 0.723. The van der Waals surface area contributed by atoms with E-state index in [2.05, 4.69) is 15.8 Å². The van der Waals surface area contributed by atoms with E-state index in [1.807, 2.05) is 11.8 Å². The van der Waals surface area contributed by atoms with Gasteiger partial charge in [-0.2, -0.15) is 0 Å². The van der Waals surface area contributed by atoms with Gasteiger partial charge in [0.2, 0.25) is 5.91 Å². The highest BCUT2D eigenvalue weighted by molar-refractivity contribution is 5.78. The zero-order valence-corrected chi connectivity index (χ0v) is 13.1. The minimum Gasteiger partial charge on any atom is -0.359 e. The fourth-order valence-corrected chi connectivity index (χ4v) is 2.49. The summed E-state index contributed by atoms with van der Waals surface area (Å²) in [6.45, 7) is 4.14. The summed E-state index contributed by atoms with van der Waals surface area (Å²) < 4.78 is 5.00. The topological polar surface area (TPSA) is 87.5 Å². The van der Waals surface area contributed by atoms with Gasteiger partial charge in [-0.1, -0.05) is 18.0 Å². The van der Waals surface area contributed by atoms with Gasteiger partial charge in [-0.05, 0) is 19.8 Å². The van der Waals surface area contributed by atoms with Crippen LogP contribution < -0.4 is 10.6 Å². The quantitative estimate of drug-likeness (QED) is 0.864. The van der Waals surface area contributed by atoms with Crippen molar-refractivity contribution in [3.05, 3.63) is 17.5 Å². The van der Waals surface area contributed by atoms with E-state index in [0.29, 0.717) is 18.7 Å². The van der Waals surface area contributed by atoms with Crippen molar-refractivity contribution in [2.24, 2.45) is 0 Å². The van der Waals surface area contributed by atoms with E-state index in [4.69, 9.17) is 4.52 Å². The monoisotopic (exact) mass is 308 g/mol. The summed E-state index contributed by atoms with van der Waals surface area (Å²) in [6, 6.07) is 1.46. The van der Waals surface area contributed by atoms with Crippen molar-refractivity contribution in [2.75, 3.05) is 19.6 Å². The largest absolute Gasteiger partial charge is 0.359 e. The highest BCUT2D eigenvalue weighted by Gasteiger charge is 2.15. The van der Waals surface area contributed by atoms with Crippen LogP contribution in [0.3, 0.4) is 0 Å². The third kappa shape index (κ3) is 5.38. The maximum Gasteiger partial charge on any atom is 0.315 e. The van der Waals surface area contributed by atoms with Gasteiger partial charge >= 0.3 is 6.03 Å². The molecule has 7 heteroatoms. The molecule has 0 radical (unpaired) electrons. The molecule has 122 valence electrons. The lowest BCUT2D eigenvalue weighted by atomic mass is 10.2. The molecule has 0 atom stereocenters. The maximum absolute atomic E-state index is 12.0. The Balaban J connectivity index is 1.60. The lowest BCUT2D eigenvalue weighted by Gasteiger charge is -2.20. The number of rotatable bonds is 5. The minimum atomic E-state index is -0.308. The number of amides is 3. The Morgan fingerprint density at radius 3 is 2.59 bits per heavy atom. The zero-order valence-electron chi connectivity index (χ0n) is 13.1. The van der Waals surface area contributed by atoms with Crippen molar-refractivity contribution >= 4 is 11.9 Å². The molecular weight excluding hydrogens is 284 g/mol. The van der Waals surface area contributed by atoms with Crippen LogP contribution in [0.15, 0.2) is 10.6 Å². The number of nitrogens with zero attached hydrogens (tertiary/aromatic N) is 2. The summed E-state index contributed by atoms with van der Waals surface area (Å²) in [5, 5.41) is 9.10. The standard InChI is InChI=1S/C15H24N4O3/c1-12-10-13(22-18-12)11-17-15(21)16-7-6-14(20)19-8-4-2-3-5-9-19/h10H,2-9,11H2,1H3,(H2,16,17,21). The van der Waals surface area contributed by atoms with Crippen LogP contribution in [0.2, 0.25) is 0 Å². The summed E-state index contributed by atoms with van der Waals surface area (Å²) in [5.41, 5.74) is 0.778. The van der Waals surface area contributed by atoms with Gasteiger partial charge in [0.05, 0.1) is 12.2 Å². The van der Waals surface area contributed by atoms with Gasteiger partial charge in [0.15, 0.2) is 5.76 Å². The molecule has 0 unspecified atom stereocenters. The molecule has 0 aromatic carbocycles. The van der Waals surface area contributed by atoms with Gasteiger partial charge in [-0.25, -0.2) is 4.79 Å². The van der Waals surface area contributed by atoms with E-state index < -0.39 is 0 Å². The van der Waals surface area contributed by atoms with Crippen LogP contribution in [0.5, 0.6) is 0 Å². The van der Waals surface area contributed by atoms with Crippen molar-refractivity contribution in [3.8, 4) is 0 Å². The predicted octanol–water partition coefficient (Wildman–Crippen LogP) is 1.57. The van der Waals surface area contributed by atoms with Gasteiger partial charge < -0.3 is 20.1 Å². The Morgan fingerprint density at radius 2 is 1.95 bits per heavy atom. The Bertz CT molecular complexity index is 493. The van der Waals surface area contributed by atoms with Crippen molar-refractivity contribution in [1.82, 2.24) is 20.7 Å². The van der Waals surface area contributed by atoms with Crippen molar-refractivity contribution in [3.63, 3.8) is 0 Å². The van der Waals surface area contributed by atoms with E-state index in [0.717, 1.165) is 31.6 Å². The number of urea groups is 1. The van der Waals surface area contributed by atoms with Crippen LogP contribution in [0.25, 0.3) is 0 Å². The summed E-state index contributed by atoms with van der Waals surface area (Å²) >= 11 is 0. The van der Waals surface area contributed by atoms with E-state index >= 15 is 0 Å². The molecule has 1 aliphatic heterocycles. The summed E-state index contributed by atoms with van der Waals surface area (Å²) in [4.78, 5) is 25.6. The second kappa shape index (κ2) is 8.41. The predicted molar refractivity (Wildman–Crippen MR) is 81.1 cm³/mol. The van der Waals surface area contributed by atoms with Gasteiger partial charge in [-0.3, -0.25) is 4.79 Å². The van der Waals surface area contributed by atoms with Crippen molar-refractivity contribution < 1.29 is 14.1 Å². The van der Waals surface area contributed by atoms with Crippen LogP contribution in [0, 0.1) is 6.92 Å². The SMILES string of the molecule is Cc1cc(CNC(=O)NCCC(=O)N2CCCCCC2)on1. The van der Waals surface area contributed by atoms with Crippen molar-refractivity contribution in [1.29, 1.82) is 0 Å². The highest BCUT2D eigenvalue weighted by atomic mass is 16.5. The van der Waals surface area contributed by atoms with Crippen LogP contribution >= 0.6 is 0 Å². The third-order valence-electron chi connectivity index (χ3n) is 3.68. The molecule has 1 aromatic rings. The number of carbonyl (C=O) groups is 2. The lowest BCUT2D eigenvalue weighted by molar-refractivity contribution is -0.131. The van der Waals surface area contributed by atoms with Crippen LogP contribution in [-0.4, -0.2) is 41.6 Å². The Morgan fingerprint density at radius 1 is 1.23 bits per heavy atom. The first-order valence-electron chi connectivity index (χ1n) is 7.87. The Hall–Kier alpha value is -2.05. The molecule has 2 heterocycles. The normalized spacial score (nSPS) is 15.2. The van der Waals surface area contributed by atoms with E-state index in [1.54, 1.807) is 6.07 Å². The number of aromatic nitrogens is 1. The second-order valence-electron chi connectivity index (χ2n) is 5.59. The molecule has 1 saturated heterocycles. The molecule has 2 rings (SSSR count). The molecular formula is C15H24N4O3. The van der Waals surface area contributed by atoms with Crippen LogP contribution in [0.4, 0.5) is 4.79 Å². The van der Waals surface area contributed by atoms with E-state index in [1.165, 1.54) is 12.8 Å². The number of carbonyl (C=O) groups excluding carboxylic acids is 2. The van der Waals surface area contributed by atoms with Crippen LogP contribution in [0.1, 0.15) is 43.6 Å². The molecule has 0 saturated carbocycles. The van der Waals surface area contributed by atoms with Gasteiger partial charge in [0, 0.05) is 32.1 Å². The smallest absolute Gasteiger partial charge is 0.315 e. The zero-order chi connectivity index (χ0) is 15.8.